The quantitative estimate of drug-likeness (QED) is 0.277. The maximum Gasteiger partial charge on any atom is 0.267 e. The van der Waals surface area contributed by atoms with Gasteiger partial charge < -0.3 is 14.5 Å². The summed E-state index contributed by atoms with van der Waals surface area (Å²) in [5, 5.41) is 4.79. The molecule has 6 nitrogen and oxygen atoms in total. The van der Waals surface area contributed by atoms with Gasteiger partial charge in [0.1, 0.15) is 4.88 Å². The fourth-order valence-corrected chi connectivity index (χ4v) is 5.26. The molecule has 1 amide bonds. The van der Waals surface area contributed by atoms with Crippen molar-refractivity contribution in [1.29, 1.82) is 0 Å². The van der Waals surface area contributed by atoms with Crippen molar-refractivity contribution >= 4 is 79.1 Å². The summed E-state index contributed by atoms with van der Waals surface area (Å²) in [7, 11) is 1.47. The summed E-state index contributed by atoms with van der Waals surface area (Å²) in [6, 6.07) is 12.1. The maximum absolute atomic E-state index is 13.1. The molecule has 0 atom stereocenters. The number of pyridine rings is 1. The van der Waals surface area contributed by atoms with E-state index in [0.29, 0.717) is 49.0 Å². The first-order valence-corrected chi connectivity index (χ1v) is 11.2. The first kappa shape index (κ1) is 21.0. The van der Waals surface area contributed by atoms with Crippen molar-refractivity contribution in [2.75, 3.05) is 12.4 Å². The average molecular weight is 505 g/mol. The van der Waals surface area contributed by atoms with E-state index >= 15 is 0 Å². The van der Waals surface area contributed by atoms with Crippen molar-refractivity contribution < 1.29 is 13.9 Å². The normalized spacial score (nSPS) is 11.2. The predicted molar refractivity (Wildman–Crippen MR) is 129 cm³/mol. The van der Waals surface area contributed by atoms with Gasteiger partial charge in [-0.15, -0.1) is 11.3 Å². The molecular formula is C22H12Cl3N3O3S. The second-order valence-electron chi connectivity index (χ2n) is 6.72. The van der Waals surface area contributed by atoms with Crippen molar-refractivity contribution in [2.45, 2.75) is 0 Å². The molecule has 2 aromatic carbocycles. The molecule has 0 fully saturated rings. The monoisotopic (exact) mass is 503 g/mol. The molecular weight excluding hydrogens is 493 g/mol. The van der Waals surface area contributed by atoms with Gasteiger partial charge in [-0.1, -0.05) is 40.9 Å². The number of nitrogens with zero attached hydrogens (tertiary/aromatic N) is 2. The minimum absolute atomic E-state index is 0.282. The van der Waals surface area contributed by atoms with Crippen LogP contribution in [-0.4, -0.2) is 23.0 Å². The number of rotatable bonds is 4. The summed E-state index contributed by atoms with van der Waals surface area (Å²) in [4.78, 5) is 22.0. The minimum Gasteiger partial charge on any atom is -0.493 e. The van der Waals surface area contributed by atoms with E-state index < -0.39 is 5.91 Å². The number of hydrogen-bond acceptors (Lipinski definition) is 6. The van der Waals surface area contributed by atoms with E-state index in [9.17, 15) is 4.79 Å². The van der Waals surface area contributed by atoms with Crippen molar-refractivity contribution in [3.63, 3.8) is 0 Å². The van der Waals surface area contributed by atoms with Crippen LogP contribution in [0.4, 0.5) is 5.69 Å². The van der Waals surface area contributed by atoms with Gasteiger partial charge in [-0.3, -0.25) is 4.79 Å². The number of carbonyl (C=O) groups is 1. The molecule has 0 spiro atoms. The van der Waals surface area contributed by atoms with Gasteiger partial charge in [-0.2, -0.15) is 4.98 Å². The smallest absolute Gasteiger partial charge is 0.267 e. The lowest BCUT2D eigenvalue weighted by Crippen LogP contribution is -2.12. The molecule has 160 valence electrons. The number of methoxy groups -OCH3 is 1. The number of fused-ring (bicyclic) bond motifs is 2. The van der Waals surface area contributed by atoms with Crippen LogP contribution < -0.4 is 10.1 Å². The van der Waals surface area contributed by atoms with E-state index in [-0.39, 0.29) is 5.02 Å². The van der Waals surface area contributed by atoms with Crippen LogP contribution in [0.2, 0.25) is 15.1 Å². The SMILES string of the molecule is COc1c(Cl)cc(-c2nc3ncccc3o2)cc1NC(=O)c1sc2cc(Cl)ccc2c1Cl. The third-order valence-electron chi connectivity index (χ3n) is 4.71. The first-order chi connectivity index (χ1) is 15.4. The summed E-state index contributed by atoms with van der Waals surface area (Å²) in [5.41, 5.74) is 1.91. The number of ether oxygens (including phenoxy) is 1. The van der Waals surface area contributed by atoms with Crippen molar-refractivity contribution in [3.8, 4) is 17.2 Å². The van der Waals surface area contributed by atoms with E-state index in [2.05, 4.69) is 15.3 Å². The summed E-state index contributed by atoms with van der Waals surface area (Å²) in [6.45, 7) is 0. The van der Waals surface area contributed by atoms with Crippen LogP contribution in [-0.2, 0) is 0 Å². The van der Waals surface area contributed by atoms with E-state index in [4.69, 9.17) is 44.0 Å². The van der Waals surface area contributed by atoms with Gasteiger partial charge in [-0.25, -0.2) is 4.98 Å². The van der Waals surface area contributed by atoms with Gasteiger partial charge in [0.05, 0.1) is 22.8 Å². The molecule has 32 heavy (non-hydrogen) atoms. The summed E-state index contributed by atoms with van der Waals surface area (Å²) in [5.74, 6) is 0.213. The summed E-state index contributed by atoms with van der Waals surface area (Å²) in [6.07, 6.45) is 1.63. The largest absolute Gasteiger partial charge is 0.493 e. The fraction of sp³-hybridized carbons (Fsp3) is 0.0455. The molecule has 3 heterocycles. The molecule has 5 aromatic rings. The van der Waals surface area contributed by atoms with E-state index in [1.165, 1.54) is 18.4 Å². The van der Waals surface area contributed by atoms with Crippen molar-refractivity contribution in [1.82, 2.24) is 9.97 Å². The van der Waals surface area contributed by atoms with Gasteiger partial charge in [0.25, 0.3) is 5.91 Å². The average Bonchev–Trinajstić information content (AvgIpc) is 3.34. The van der Waals surface area contributed by atoms with Gasteiger partial charge in [0, 0.05) is 26.9 Å². The highest BCUT2D eigenvalue weighted by Gasteiger charge is 2.21. The molecule has 0 saturated carbocycles. The van der Waals surface area contributed by atoms with Crippen LogP contribution in [0.3, 0.4) is 0 Å². The van der Waals surface area contributed by atoms with Gasteiger partial charge in [0.15, 0.2) is 17.0 Å². The Hall–Kier alpha value is -2.84. The highest BCUT2D eigenvalue weighted by molar-refractivity contribution is 7.21. The predicted octanol–water partition coefficient (Wildman–Crippen LogP) is 7.33. The van der Waals surface area contributed by atoms with Crippen LogP contribution in [0.15, 0.2) is 53.1 Å². The van der Waals surface area contributed by atoms with E-state index in [0.717, 1.165) is 10.1 Å². The Labute approximate surface area is 200 Å². The Balaban J connectivity index is 1.55. The lowest BCUT2D eigenvalue weighted by Gasteiger charge is -2.13. The van der Waals surface area contributed by atoms with E-state index in [1.807, 2.05) is 0 Å². The van der Waals surface area contributed by atoms with Crippen LogP contribution in [0.25, 0.3) is 32.8 Å². The number of anilines is 1. The molecule has 0 bridgehead atoms. The highest BCUT2D eigenvalue weighted by atomic mass is 35.5. The Morgan fingerprint density at radius 2 is 2.00 bits per heavy atom. The molecule has 0 saturated heterocycles. The topological polar surface area (TPSA) is 77.2 Å². The molecule has 0 radical (unpaired) electrons. The Kier molecular flexibility index (Phi) is 5.43. The lowest BCUT2D eigenvalue weighted by molar-refractivity contribution is 0.103. The number of hydrogen-bond donors (Lipinski definition) is 1. The van der Waals surface area contributed by atoms with Crippen molar-refractivity contribution in [3.05, 3.63) is 68.6 Å². The van der Waals surface area contributed by atoms with Gasteiger partial charge in [0.2, 0.25) is 5.89 Å². The number of oxazole rings is 1. The number of amides is 1. The first-order valence-electron chi connectivity index (χ1n) is 9.23. The second kappa shape index (κ2) is 8.26. The number of carbonyl (C=O) groups excluding carboxylic acids is 1. The lowest BCUT2D eigenvalue weighted by atomic mass is 10.1. The minimum atomic E-state index is -0.405. The third kappa shape index (κ3) is 3.67. The van der Waals surface area contributed by atoms with Crippen LogP contribution in [0, 0.1) is 0 Å². The zero-order valence-electron chi connectivity index (χ0n) is 16.3. The maximum atomic E-state index is 13.1. The summed E-state index contributed by atoms with van der Waals surface area (Å²) >= 11 is 20.2. The third-order valence-corrected chi connectivity index (χ3v) is 6.88. The highest BCUT2D eigenvalue weighted by Crippen LogP contribution is 2.40. The van der Waals surface area contributed by atoms with Crippen molar-refractivity contribution in [2.24, 2.45) is 0 Å². The number of halogens is 3. The Morgan fingerprint density at radius 1 is 1.16 bits per heavy atom. The van der Waals surface area contributed by atoms with Gasteiger partial charge >= 0.3 is 0 Å². The van der Waals surface area contributed by atoms with Crippen LogP contribution in [0.1, 0.15) is 9.67 Å². The fourth-order valence-electron chi connectivity index (χ4n) is 3.27. The molecule has 1 N–H and O–H groups in total. The molecule has 10 heteroatoms. The number of benzene rings is 2. The van der Waals surface area contributed by atoms with E-state index in [1.54, 1.807) is 48.7 Å². The number of aromatic nitrogens is 2. The second-order valence-corrected chi connectivity index (χ2v) is 9.00. The zero-order chi connectivity index (χ0) is 22.4. The molecule has 0 aliphatic carbocycles. The molecule has 0 aliphatic rings. The molecule has 0 unspecified atom stereocenters. The molecule has 5 rings (SSSR count). The molecule has 0 aliphatic heterocycles. The van der Waals surface area contributed by atoms with Crippen LogP contribution >= 0.6 is 46.1 Å². The van der Waals surface area contributed by atoms with Gasteiger partial charge in [-0.05, 0) is 36.4 Å². The number of nitrogens with one attached hydrogen (secondary N) is 1. The molecule has 3 aromatic heterocycles. The summed E-state index contributed by atoms with van der Waals surface area (Å²) < 4.78 is 12.0. The number of thiophene rings is 1. The Bertz CT molecular complexity index is 1480. The zero-order valence-corrected chi connectivity index (χ0v) is 19.4. The Morgan fingerprint density at radius 3 is 2.78 bits per heavy atom. The standard InChI is InChI=1S/C22H12Cl3N3O3S/c1-30-18-13(24)7-10(22-28-20-15(31-22)3-2-6-26-20)8-14(18)27-21(29)19-17(25)12-5-4-11(23)9-16(12)32-19/h2-9H,1H3,(H,27,29). The van der Waals surface area contributed by atoms with Crippen LogP contribution in [0.5, 0.6) is 5.75 Å².